The van der Waals surface area contributed by atoms with Gasteiger partial charge in [-0.1, -0.05) is 19.3 Å². The molecule has 94 valence electrons. The molecule has 0 amide bonds. The number of rotatable bonds is 3. The topological polar surface area (TPSA) is 37.3 Å². The third kappa shape index (κ3) is 3.42. The van der Waals surface area contributed by atoms with Gasteiger partial charge in [0.2, 0.25) is 0 Å². The Kier molecular flexibility index (Phi) is 4.35. The zero-order chi connectivity index (χ0) is 12.4. The molecular weight excluding hydrogens is 240 g/mol. The van der Waals surface area contributed by atoms with Gasteiger partial charge in [0.25, 0.3) is 0 Å². The molecule has 0 bridgehead atoms. The van der Waals surface area contributed by atoms with Crippen molar-refractivity contribution in [1.29, 1.82) is 0 Å². The fraction of sp³-hybridized carbons (Fsp3) is 1.00. The average molecular weight is 257 g/mol. The molecule has 0 spiro atoms. The Morgan fingerprint density at radius 3 is 2.19 bits per heavy atom. The lowest BCUT2D eigenvalue weighted by Crippen LogP contribution is -2.37. The first-order valence-electron chi connectivity index (χ1n) is 5.49. The van der Waals surface area contributed by atoms with Gasteiger partial charge < -0.3 is 0 Å². The van der Waals surface area contributed by atoms with Crippen molar-refractivity contribution in [3.8, 4) is 0 Å². The quantitative estimate of drug-likeness (QED) is 0.775. The number of alkyl halides is 3. The molecule has 0 aromatic carbocycles. The predicted octanol–water partition coefficient (Wildman–Crippen LogP) is 4.01. The van der Waals surface area contributed by atoms with Gasteiger partial charge in [-0.05, 0) is 24.3 Å². The molecule has 16 heavy (non-hydrogen) atoms. The molecular formula is C10H17F3O2P+. The van der Waals surface area contributed by atoms with Crippen LogP contribution in [-0.4, -0.2) is 16.7 Å². The molecule has 0 heterocycles. The van der Waals surface area contributed by atoms with E-state index in [4.69, 9.17) is 4.89 Å². The first-order valence-corrected chi connectivity index (χ1v) is 6.77. The maximum Gasteiger partial charge on any atom is 0.508 e. The Hall–Kier alpha value is -0.150. The summed E-state index contributed by atoms with van der Waals surface area (Å²) in [4.78, 5) is 9.08. The van der Waals surface area contributed by atoms with Gasteiger partial charge in [-0.15, -0.1) is 0 Å². The van der Waals surface area contributed by atoms with Crippen LogP contribution in [0.2, 0.25) is 0 Å². The van der Waals surface area contributed by atoms with Crippen molar-refractivity contribution in [3.63, 3.8) is 0 Å². The van der Waals surface area contributed by atoms with Gasteiger partial charge >= 0.3 is 14.2 Å². The molecule has 1 aliphatic carbocycles. The van der Waals surface area contributed by atoms with Crippen molar-refractivity contribution in [2.24, 2.45) is 5.41 Å². The first kappa shape index (κ1) is 13.9. The number of hydrogen-bond acceptors (Lipinski definition) is 1. The molecule has 2 unspecified atom stereocenters. The summed E-state index contributed by atoms with van der Waals surface area (Å²) in [6.45, 7) is 1.47. The van der Waals surface area contributed by atoms with E-state index in [9.17, 15) is 17.7 Å². The molecule has 0 aliphatic heterocycles. The maximum absolute atomic E-state index is 12.5. The van der Waals surface area contributed by atoms with Crippen molar-refractivity contribution < 1.29 is 22.6 Å². The maximum atomic E-state index is 12.5. The summed E-state index contributed by atoms with van der Waals surface area (Å²) in [5.41, 5.74) is -1.79. The molecule has 0 aromatic heterocycles. The molecule has 0 aromatic rings. The second-order valence-electron chi connectivity index (χ2n) is 4.69. The van der Waals surface area contributed by atoms with E-state index in [1.54, 1.807) is 0 Å². The van der Waals surface area contributed by atoms with Gasteiger partial charge in [-0.25, -0.2) is 0 Å². The van der Waals surface area contributed by atoms with Gasteiger partial charge in [0.15, 0.2) is 5.66 Å². The van der Waals surface area contributed by atoms with Crippen molar-refractivity contribution in [2.75, 3.05) is 0 Å². The molecule has 1 saturated carbocycles. The minimum absolute atomic E-state index is 0.412. The van der Waals surface area contributed by atoms with Crippen molar-refractivity contribution >= 4 is 8.03 Å². The summed E-state index contributed by atoms with van der Waals surface area (Å²) in [6.07, 6.45) is -1.98. The van der Waals surface area contributed by atoms with Crippen LogP contribution in [0.15, 0.2) is 0 Å². The van der Waals surface area contributed by atoms with Crippen molar-refractivity contribution in [3.05, 3.63) is 0 Å². The predicted molar refractivity (Wildman–Crippen MR) is 55.5 cm³/mol. The molecule has 6 heteroatoms. The van der Waals surface area contributed by atoms with Gasteiger partial charge in [-0.3, -0.25) is 0 Å². The fourth-order valence-electron chi connectivity index (χ4n) is 2.63. The van der Waals surface area contributed by atoms with Crippen LogP contribution < -0.4 is 0 Å². The third-order valence-electron chi connectivity index (χ3n) is 3.62. The lowest BCUT2D eigenvalue weighted by atomic mass is 9.69. The highest BCUT2D eigenvalue weighted by molar-refractivity contribution is 7.38. The summed E-state index contributed by atoms with van der Waals surface area (Å²) in [7, 11) is -2.54. The third-order valence-corrected chi connectivity index (χ3v) is 4.83. The molecule has 1 aliphatic rings. The van der Waals surface area contributed by atoms with Crippen molar-refractivity contribution in [2.45, 2.75) is 57.3 Å². The van der Waals surface area contributed by atoms with Crippen LogP contribution in [0.25, 0.3) is 0 Å². The fourth-order valence-corrected chi connectivity index (χ4v) is 3.45. The lowest BCUT2D eigenvalue weighted by Gasteiger charge is -2.37. The van der Waals surface area contributed by atoms with E-state index < -0.39 is 31.7 Å². The Morgan fingerprint density at radius 1 is 1.31 bits per heavy atom. The second kappa shape index (κ2) is 5.01. The molecule has 0 radical (unpaired) electrons. The van der Waals surface area contributed by atoms with E-state index >= 15 is 0 Å². The molecule has 1 fully saturated rings. The first-order chi connectivity index (χ1) is 7.27. The highest BCUT2D eigenvalue weighted by Gasteiger charge is 2.53. The van der Waals surface area contributed by atoms with E-state index in [2.05, 4.69) is 0 Å². The smallest absolute Gasteiger partial charge is 0.171 e. The van der Waals surface area contributed by atoms with Gasteiger partial charge in [0, 0.05) is 5.41 Å². The number of hydrogen-bond donors (Lipinski definition) is 1. The van der Waals surface area contributed by atoms with E-state index in [1.165, 1.54) is 6.92 Å². The normalized spacial score (nSPS) is 23.9. The van der Waals surface area contributed by atoms with Crippen LogP contribution in [0.1, 0.15) is 45.4 Å². The standard InChI is InChI=1S/C10H16F3O2P/c1-8(16(14)15)9(7-10(11,12)13)5-3-2-4-6-9/h8H,2-7H2,1H3/p+1. The van der Waals surface area contributed by atoms with Gasteiger partial charge in [-0.2, -0.15) is 18.1 Å². The van der Waals surface area contributed by atoms with Crippen LogP contribution in [0.5, 0.6) is 0 Å². The molecule has 2 nitrogen and oxygen atoms in total. The largest absolute Gasteiger partial charge is 0.508 e. The van der Waals surface area contributed by atoms with E-state index in [0.29, 0.717) is 12.8 Å². The summed E-state index contributed by atoms with van der Waals surface area (Å²) in [5, 5.41) is 0. The highest BCUT2D eigenvalue weighted by Crippen LogP contribution is 2.52. The van der Waals surface area contributed by atoms with Crippen LogP contribution in [0.4, 0.5) is 13.2 Å². The van der Waals surface area contributed by atoms with E-state index in [-0.39, 0.29) is 0 Å². The molecule has 2 atom stereocenters. The molecule has 1 N–H and O–H groups in total. The Labute approximate surface area is 94.1 Å². The summed E-state index contributed by atoms with van der Waals surface area (Å²) in [6, 6.07) is 0. The van der Waals surface area contributed by atoms with Crippen LogP contribution in [-0.2, 0) is 4.57 Å². The monoisotopic (exact) mass is 257 g/mol. The average Bonchev–Trinajstić information content (AvgIpc) is 2.15. The Balaban J connectivity index is 2.87. The Morgan fingerprint density at radius 2 is 1.81 bits per heavy atom. The van der Waals surface area contributed by atoms with E-state index in [0.717, 1.165) is 19.3 Å². The minimum Gasteiger partial charge on any atom is -0.171 e. The van der Waals surface area contributed by atoms with Crippen LogP contribution in [0.3, 0.4) is 0 Å². The number of halogens is 3. The van der Waals surface area contributed by atoms with Crippen LogP contribution in [0, 0.1) is 5.41 Å². The highest BCUT2D eigenvalue weighted by atomic mass is 31.1. The SMILES string of the molecule is CC([P+](=O)O)C1(CC(F)(F)F)CCCCC1. The summed E-state index contributed by atoms with van der Waals surface area (Å²) < 4.78 is 48.7. The Bertz CT molecular complexity index is 259. The zero-order valence-electron chi connectivity index (χ0n) is 9.26. The molecule has 1 rings (SSSR count). The van der Waals surface area contributed by atoms with Crippen LogP contribution >= 0.6 is 8.03 Å². The summed E-state index contributed by atoms with van der Waals surface area (Å²) in [5.74, 6) is 0. The zero-order valence-corrected chi connectivity index (χ0v) is 10.2. The van der Waals surface area contributed by atoms with Crippen molar-refractivity contribution in [1.82, 2.24) is 0 Å². The lowest BCUT2D eigenvalue weighted by molar-refractivity contribution is -0.162. The second-order valence-corrected chi connectivity index (χ2v) is 6.07. The van der Waals surface area contributed by atoms with Gasteiger partial charge in [0.05, 0.1) is 6.42 Å². The minimum atomic E-state index is -4.25. The van der Waals surface area contributed by atoms with E-state index in [1.807, 2.05) is 0 Å². The molecule has 0 saturated heterocycles. The summed E-state index contributed by atoms with van der Waals surface area (Å²) >= 11 is 0. The van der Waals surface area contributed by atoms with Gasteiger partial charge in [0.1, 0.15) is 0 Å².